The van der Waals surface area contributed by atoms with Crippen molar-refractivity contribution in [2.75, 3.05) is 7.11 Å². The van der Waals surface area contributed by atoms with Gasteiger partial charge in [-0.2, -0.15) is 0 Å². The maximum Gasteiger partial charge on any atom is 0.252 e. The van der Waals surface area contributed by atoms with Crippen molar-refractivity contribution in [1.29, 1.82) is 0 Å². The minimum atomic E-state index is -0.0775. The molecule has 0 aliphatic rings. The molecule has 3 aromatic rings. The molecule has 3 rings (SSSR count). The highest BCUT2D eigenvalue weighted by Gasteiger charge is 2.20. The second kappa shape index (κ2) is 10.4. The molecule has 3 nitrogen and oxygen atoms in total. The topological polar surface area (TPSA) is 38.3 Å². The van der Waals surface area contributed by atoms with Gasteiger partial charge >= 0.3 is 0 Å². The molecule has 3 aromatic carbocycles. The van der Waals surface area contributed by atoms with Crippen LogP contribution in [0.3, 0.4) is 0 Å². The van der Waals surface area contributed by atoms with Crippen LogP contribution in [0.5, 0.6) is 5.75 Å². The molecule has 0 spiro atoms. The van der Waals surface area contributed by atoms with Gasteiger partial charge in [-0.3, -0.25) is 4.79 Å². The van der Waals surface area contributed by atoms with Crippen molar-refractivity contribution < 1.29 is 9.53 Å². The van der Waals surface area contributed by atoms with Crippen LogP contribution in [0.1, 0.15) is 43.0 Å². The van der Waals surface area contributed by atoms with E-state index in [1.807, 2.05) is 91.0 Å². The number of amides is 1. The van der Waals surface area contributed by atoms with Crippen LogP contribution in [0.2, 0.25) is 0 Å². The van der Waals surface area contributed by atoms with Crippen molar-refractivity contribution >= 4 is 17.6 Å². The molecule has 154 valence electrons. The Bertz CT molecular complexity index is 961. The van der Waals surface area contributed by atoms with E-state index in [1.54, 1.807) is 7.11 Å². The van der Waals surface area contributed by atoms with E-state index in [2.05, 4.69) is 19.2 Å². The minimum absolute atomic E-state index is 0.0773. The van der Waals surface area contributed by atoms with Crippen molar-refractivity contribution in [3.05, 3.63) is 102 Å². The summed E-state index contributed by atoms with van der Waals surface area (Å²) in [5.41, 5.74) is 3.63. The first-order chi connectivity index (χ1) is 14.6. The van der Waals surface area contributed by atoms with Gasteiger partial charge in [0.1, 0.15) is 5.75 Å². The predicted octanol–water partition coefficient (Wildman–Crippen LogP) is 6.14. The van der Waals surface area contributed by atoms with E-state index in [-0.39, 0.29) is 11.9 Å². The monoisotopic (exact) mass is 399 g/mol. The Labute approximate surface area is 179 Å². The maximum absolute atomic E-state index is 13.4. The lowest BCUT2D eigenvalue weighted by atomic mass is 9.95. The van der Waals surface area contributed by atoms with Crippen LogP contribution < -0.4 is 10.1 Å². The summed E-state index contributed by atoms with van der Waals surface area (Å²) in [4.78, 5) is 13.4. The molecule has 0 fully saturated rings. The molecule has 1 N–H and O–H groups in total. The van der Waals surface area contributed by atoms with E-state index in [4.69, 9.17) is 4.74 Å². The van der Waals surface area contributed by atoms with Crippen LogP contribution in [-0.4, -0.2) is 13.0 Å². The van der Waals surface area contributed by atoms with Gasteiger partial charge in [-0.1, -0.05) is 86.6 Å². The van der Waals surface area contributed by atoms with Crippen molar-refractivity contribution in [2.45, 2.75) is 26.3 Å². The largest absolute Gasteiger partial charge is 0.497 e. The Morgan fingerprint density at radius 3 is 2.07 bits per heavy atom. The van der Waals surface area contributed by atoms with Crippen molar-refractivity contribution in [3.8, 4) is 5.75 Å². The zero-order valence-electron chi connectivity index (χ0n) is 17.8. The van der Waals surface area contributed by atoms with Crippen LogP contribution in [0, 0.1) is 5.92 Å². The summed E-state index contributed by atoms with van der Waals surface area (Å²) < 4.78 is 5.28. The third kappa shape index (κ3) is 5.84. The molecular weight excluding hydrogens is 370 g/mol. The van der Waals surface area contributed by atoms with E-state index in [0.29, 0.717) is 11.5 Å². The molecule has 0 saturated carbocycles. The van der Waals surface area contributed by atoms with Gasteiger partial charge < -0.3 is 10.1 Å². The predicted molar refractivity (Wildman–Crippen MR) is 124 cm³/mol. The third-order valence-electron chi connectivity index (χ3n) is 4.97. The van der Waals surface area contributed by atoms with E-state index in [9.17, 15) is 4.79 Å². The van der Waals surface area contributed by atoms with E-state index in [0.717, 1.165) is 28.9 Å². The fraction of sp³-hybridized carbons (Fsp3) is 0.222. The Morgan fingerprint density at radius 2 is 1.50 bits per heavy atom. The number of carbonyl (C=O) groups is 1. The van der Waals surface area contributed by atoms with E-state index >= 15 is 0 Å². The normalized spacial score (nSPS) is 12.5. The lowest BCUT2D eigenvalue weighted by molar-refractivity contribution is -0.116. The summed E-state index contributed by atoms with van der Waals surface area (Å²) in [5, 5.41) is 3.27. The summed E-state index contributed by atoms with van der Waals surface area (Å²) in [6.07, 6.45) is 2.80. The molecule has 0 heterocycles. The Balaban J connectivity index is 1.92. The molecule has 1 amide bonds. The number of rotatable bonds is 8. The smallest absolute Gasteiger partial charge is 0.252 e. The zero-order chi connectivity index (χ0) is 21.3. The van der Waals surface area contributed by atoms with Gasteiger partial charge in [0.15, 0.2) is 0 Å². The first-order valence-electron chi connectivity index (χ1n) is 10.3. The maximum atomic E-state index is 13.4. The van der Waals surface area contributed by atoms with Crippen molar-refractivity contribution in [2.24, 2.45) is 5.92 Å². The molecule has 0 aromatic heterocycles. The SMILES string of the molecule is COc1ccc([C@H](CC(C)C)NC(=O)/C(=C/c2ccccc2)c2ccccc2)cc1. The minimum Gasteiger partial charge on any atom is -0.497 e. The molecular formula is C27H29NO2. The molecule has 0 saturated heterocycles. The van der Waals surface area contributed by atoms with E-state index < -0.39 is 0 Å². The highest BCUT2D eigenvalue weighted by molar-refractivity contribution is 6.24. The van der Waals surface area contributed by atoms with Gasteiger partial charge in [0, 0.05) is 5.57 Å². The number of ether oxygens (including phenoxy) is 1. The van der Waals surface area contributed by atoms with Crippen LogP contribution in [-0.2, 0) is 4.79 Å². The first-order valence-corrected chi connectivity index (χ1v) is 10.3. The molecule has 1 atom stereocenters. The zero-order valence-corrected chi connectivity index (χ0v) is 17.8. The molecule has 0 unspecified atom stereocenters. The van der Waals surface area contributed by atoms with Gasteiger partial charge in [-0.25, -0.2) is 0 Å². The second-order valence-corrected chi connectivity index (χ2v) is 7.76. The van der Waals surface area contributed by atoms with Gasteiger partial charge in [0.25, 0.3) is 5.91 Å². The van der Waals surface area contributed by atoms with Gasteiger partial charge in [0.2, 0.25) is 0 Å². The summed E-state index contributed by atoms with van der Waals surface area (Å²) in [7, 11) is 1.66. The Hall–Kier alpha value is -3.33. The quantitative estimate of drug-likeness (QED) is 0.365. The number of methoxy groups -OCH3 is 1. The van der Waals surface area contributed by atoms with Crippen molar-refractivity contribution in [3.63, 3.8) is 0 Å². The number of hydrogen-bond donors (Lipinski definition) is 1. The number of carbonyl (C=O) groups excluding carboxylic acids is 1. The summed E-state index contributed by atoms with van der Waals surface area (Å²) >= 11 is 0. The molecule has 3 heteroatoms. The summed E-state index contributed by atoms with van der Waals surface area (Å²) in [6.45, 7) is 4.33. The lowest BCUT2D eigenvalue weighted by Crippen LogP contribution is -2.30. The molecule has 0 bridgehead atoms. The van der Waals surface area contributed by atoms with Crippen LogP contribution in [0.4, 0.5) is 0 Å². The average molecular weight is 400 g/mol. The van der Waals surface area contributed by atoms with Gasteiger partial charge in [0.05, 0.1) is 13.2 Å². The Morgan fingerprint density at radius 1 is 0.900 bits per heavy atom. The lowest BCUT2D eigenvalue weighted by Gasteiger charge is -2.22. The highest BCUT2D eigenvalue weighted by atomic mass is 16.5. The highest BCUT2D eigenvalue weighted by Crippen LogP contribution is 2.26. The molecule has 0 aliphatic heterocycles. The molecule has 30 heavy (non-hydrogen) atoms. The van der Waals surface area contributed by atoms with E-state index in [1.165, 1.54) is 0 Å². The molecule has 0 aliphatic carbocycles. The number of benzene rings is 3. The fourth-order valence-electron chi connectivity index (χ4n) is 3.44. The second-order valence-electron chi connectivity index (χ2n) is 7.76. The van der Waals surface area contributed by atoms with Crippen LogP contribution >= 0.6 is 0 Å². The van der Waals surface area contributed by atoms with Gasteiger partial charge in [-0.05, 0) is 47.2 Å². The van der Waals surface area contributed by atoms with Crippen LogP contribution in [0.15, 0.2) is 84.9 Å². The number of hydrogen-bond acceptors (Lipinski definition) is 2. The fourth-order valence-corrected chi connectivity index (χ4v) is 3.44. The van der Waals surface area contributed by atoms with Crippen molar-refractivity contribution in [1.82, 2.24) is 5.32 Å². The third-order valence-corrected chi connectivity index (χ3v) is 4.97. The average Bonchev–Trinajstić information content (AvgIpc) is 2.78. The standard InChI is InChI=1S/C27H29NO2/c1-20(2)18-26(23-14-16-24(30-3)17-15-23)28-27(29)25(22-12-8-5-9-13-22)19-21-10-6-4-7-11-21/h4-17,19-20,26H,18H2,1-3H3,(H,28,29)/b25-19+/t26-/m0/s1. The first kappa shape index (κ1) is 21.4. The number of nitrogens with one attached hydrogen (secondary N) is 1. The van der Waals surface area contributed by atoms with Crippen LogP contribution in [0.25, 0.3) is 11.6 Å². The Kier molecular flexibility index (Phi) is 7.45. The van der Waals surface area contributed by atoms with Gasteiger partial charge in [-0.15, -0.1) is 0 Å². The molecule has 0 radical (unpaired) electrons. The summed E-state index contributed by atoms with van der Waals surface area (Å²) in [6, 6.07) is 27.6. The summed E-state index contributed by atoms with van der Waals surface area (Å²) in [5.74, 6) is 1.17.